The minimum absolute atomic E-state index is 0.149. The molecule has 0 aliphatic rings. The molecule has 1 amide bonds. The number of rotatable bonds is 3. The number of carbonyl (C=O) groups excluding carboxylic acids is 1. The van der Waals surface area contributed by atoms with Crippen LogP contribution in [0.25, 0.3) is 0 Å². The van der Waals surface area contributed by atoms with Crippen molar-refractivity contribution in [3.05, 3.63) is 34.9 Å². The number of nitrogens with one attached hydrogen (secondary N) is 1. The summed E-state index contributed by atoms with van der Waals surface area (Å²) in [7, 11) is 0. The second-order valence-electron chi connectivity index (χ2n) is 4.44. The highest BCUT2D eigenvalue weighted by Crippen LogP contribution is 2.22. The molecule has 3 nitrogen and oxygen atoms in total. The SMILES string of the molecule is C[C@H](NC(=O)C(C)(C)N)c1ccccc1Cl. The van der Waals surface area contributed by atoms with Crippen molar-refractivity contribution < 1.29 is 4.79 Å². The minimum Gasteiger partial charge on any atom is -0.348 e. The summed E-state index contributed by atoms with van der Waals surface area (Å²) in [4.78, 5) is 11.7. The molecular weight excluding hydrogens is 224 g/mol. The summed E-state index contributed by atoms with van der Waals surface area (Å²) >= 11 is 6.03. The van der Waals surface area contributed by atoms with Crippen molar-refractivity contribution in [3.63, 3.8) is 0 Å². The number of halogens is 1. The summed E-state index contributed by atoms with van der Waals surface area (Å²) in [6.45, 7) is 5.22. The van der Waals surface area contributed by atoms with Crippen LogP contribution in [-0.2, 0) is 4.79 Å². The molecule has 1 aromatic carbocycles. The standard InChI is InChI=1S/C12H17ClN2O/c1-8(15-11(16)12(2,3)14)9-6-4-5-7-10(9)13/h4-8H,14H2,1-3H3,(H,15,16)/t8-/m0/s1. The van der Waals surface area contributed by atoms with Gasteiger partial charge in [-0.05, 0) is 32.4 Å². The first kappa shape index (κ1) is 13.0. The van der Waals surface area contributed by atoms with Crippen LogP contribution in [0.4, 0.5) is 0 Å². The van der Waals surface area contributed by atoms with Gasteiger partial charge in [-0.1, -0.05) is 29.8 Å². The van der Waals surface area contributed by atoms with E-state index in [1.807, 2.05) is 25.1 Å². The van der Waals surface area contributed by atoms with Gasteiger partial charge in [0.15, 0.2) is 0 Å². The van der Waals surface area contributed by atoms with E-state index in [1.165, 1.54) is 0 Å². The van der Waals surface area contributed by atoms with E-state index in [1.54, 1.807) is 19.9 Å². The highest BCUT2D eigenvalue weighted by molar-refractivity contribution is 6.31. The molecule has 0 unspecified atom stereocenters. The zero-order valence-corrected chi connectivity index (χ0v) is 10.5. The molecule has 3 N–H and O–H groups in total. The molecule has 1 aromatic rings. The molecule has 0 heterocycles. The Morgan fingerprint density at radius 2 is 2.00 bits per heavy atom. The minimum atomic E-state index is -0.879. The molecule has 16 heavy (non-hydrogen) atoms. The van der Waals surface area contributed by atoms with E-state index in [-0.39, 0.29) is 11.9 Å². The second-order valence-corrected chi connectivity index (χ2v) is 4.85. The van der Waals surface area contributed by atoms with Gasteiger partial charge in [0.25, 0.3) is 0 Å². The first-order valence-electron chi connectivity index (χ1n) is 5.16. The lowest BCUT2D eigenvalue weighted by Crippen LogP contribution is -2.49. The third-order valence-corrected chi connectivity index (χ3v) is 2.65. The van der Waals surface area contributed by atoms with E-state index in [0.717, 1.165) is 5.56 Å². The summed E-state index contributed by atoms with van der Waals surface area (Å²) in [6, 6.07) is 7.28. The van der Waals surface area contributed by atoms with Crippen LogP contribution in [0.2, 0.25) is 5.02 Å². The summed E-state index contributed by atoms with van der Waals surface area (Å²) in [5, 5.41) is 3.47. The lowest BCUT2D eigenvalue weighted by molar-refractivity contribution is -0.125. The molecule has 0 aliphatic carbocycles. The topological polar surface area (TPSA) is 55.1 Å². The normalized spacial score (nSPS) is 13.3. The van der Waals surface area contributed by atoms with Crippen molar-refractivity contribution in [2.24, 2.45) is 5.73 Å². The molecule has 0 radical (unpaired) electrons. The summed E-state index contributed by atoms with van der Waals surface area (Å²) in [5.74, 6) is -0.195. The van der Waals surface area contributed by atoms with E-state index < -0.39 is 5.54 Å². The number of amides is 1. The molecule has 0 aliphatic heterocycles. The van der Waals surface area contributed by atoms with Gasteiger partial charge in [0.1, 0.15) is 0 Å². The van der Waals surface area contributed by atoms with Crippen molar-refractivity contribution in [1.29, 1.82) is 0 Å². The Bertz CT molecular complexity index is 385. The summed E-state index contributed by atoms with van der Waals surface area (Å²) in [5.41, 5.74) is 5.71. The van der Waals surface area contributed by atoms with Crippen LogP contribution < -0.4 is 11.1 Å². The lowest BCUT2D eigenvalue weighted by Gasteiger charge is -2.22. The zero-order valence-electron chi connectivity index (χ0n) is 9.75. The fourth-order valence-electron chi connectivity index (χ4n) is 1.29. The average molecular weight is 241 g/mol. The number of nitrogens with two attached hydrogens (primary N) is 1. The quantitative estimate of drug-likeness (QED) is 0.852. The molecule has 88 valence electrons. The van der Waals surface area contributed by atoms with E-state index >= 15 is 0 Å². The van der Waals surface area contributed by atoms with Gasteiger partial charge < -0.3 is 11.1 Å². The predicted octanol–water partition coefficient (Wildman–Crippen LogP) is 2.25. The number of benzene rings is 1. The van der Waals surface area contributed by atoms with Gasteiger partial charge in [0.2, 0.25) is 5.91 Å². The molecule has 0 fully saturated rings. The Hall–Kier alpha value is -1.06. The molecule has 4 heteroatoms. The van der Waals surface area contributed by atoms with E-state index in [0.29, 0.717) is 5.02 Å². The highest BCUT2D eigenvalue weighted by Gasteiger charge is 2.23. The van der Waals surface area contributed by atoms with Crippen LogP contribution in [0, 0.1) is 0 Å². The molecular formula is C12H17ClN2O. The summed E-state index contributed by atoms with van der Waals surface area (Å²) < 4.78 is 0. The van der Waals surface area contributed by atoms with Crippen molar-refractivity contribution in [3.8, 4) is 0 Å². The molecule has 0 spiro atoms. The fourth-order valence-corrected chi connectivity index (χ4v) is 1.59. The fraction of sp³-hybridized carbons (Fsp3) is 0.417. The Labute approximate surface area is 101 Å². The largest absolute Gasteiger partial charge is 0.348 e. The van der Waals surface area contributed by atoms with Crippen molar-refractivity contribution in [1.82, 2.24) is 5.32 Å². The van der Waals surface area contributed by atoms with Crippen LogP contribution in [0.15, 0.2) is 24.3 Å². The Balaban J connectivity index is 2.78. The first-order chi connectivity index (χ1) is 7.32. The van der Waals surface area contributed by atoms with Crippen molar-refractivity contribution >= 4 is 17.5 Å². The Morgan fingerprint density at radius 1 is 1.44 bits per heavy atom. The molecule has 1 atom stereocenters. The van der Waals surface area contributed by atoms with E-state index in [2.05, 4.69) is 5.32 Å². The monoisotopic (exact) mass is 240 g/mol. The van der Waals surface area contributed by atoms with Crippen LogP contribution in [0.3, 0.4) is 0 Å². The second kappa shape index (κ2) is 4.85. The van der Waals surface area contributed by atoms with Gasteiger partial charge in [-0.25, -0.2) is 0 Å². The maximum Gasteiger partial charge on any atom is 0.239 e. The van der Waals surface area contributed by atoms with Gasteiger partial charge in [-0.15, -0.1) is 0 Å². The van der Waals surface area contributed by atoms with Gasteiger partial charge in [-0.2, -0.15) is 0 Å². The third-order valence-electron chi connectivity index (χ3n) is 2.30. The van der Waals surface area contributed by atoms with Crippen LogP contribution >= 0.6 is 11.6 Å². The lowest BCUT2D eigenvalue weighted by atomic mass is 10.0. The van der Waals surface area contributed by atoms with Crippen molar-refractivity contribution in [2.45, 2.75) is 32.4 Å². The Morgan fingerprint density at radius 3 is 2.50 bits per heavy atom. The Kier molecular flexibility index (Phi) is 3.94. The first-order valence-corrected chi connectivity index (χ1v) is 5.54. The van der Waals surface area contributed by atoms with Gasteiger partial charge in [-0.3, -0.25) is 4.79 Å². The highest BCUT2D eigenvalue weighted by atomic mass is 35.5. The van der Waals surface area contributed by atoms with Crippen LogP contribution in [-0.4, -0.2) is 11.4 Å². The van der Waals surface area contributed by atoms with E-state index in [9.17, 15) is 4.79 Å². The molecule has 0 bridgehead atoms. The third kappa shape index (κ3) is 3.22. The zero-order chi connectivity index (χ0) is 12.3. The van der Waals surface area contributed by atoms with Crippen LogP contribution in [0.1, 0.15) is 32.4 Å². The van der Waals surface area contributed by atoms with Crippen molar-refractivity contribution in [2.75, 3.05) is 0 Å². The van der Waals surface area contributed by atoms with Gasteiger partial charge in [0, 0.05) is 5.02 Å². The van der Waals surface area contributed by atoms with Crippen LogP contribution in [0.5, 0.6) is 0 Å². The molecule has 0 saturated carbocycles. The summed E-state index contributed by atoms with van der Waals surface area (Å²) in [6.07, 6.45) is 0. The maximum absolute atomic E-state index is 11.7. The number of hydrogen-bond acceptors (Lipinski definition) is 2. The number of carbonyl (C=O) groups is 1. The maximum atomic E-state index is 11.7. The smallest absolute Gasteiger partial charge is 0.239 e. The van der Waals surface area contributed by atoms with Gasteiger partial charge in [0.05, 0.1) is 11.6 Å². The predicted molar refractivity (Wildman–Crippen MR) is 66.3 cm³/mol. The molecule has 0 saturated heterocycles. The molecule has 0 aromatic heterocycles. The number of hydrogen-bond donors (Lipinski definition) is 2. The average Bonchev–Trinajstić information content (AvgIpc) is 2.16. The van der Waals surface area contributed by atoms with E-state index in [4.69, 9.17) is 17.3 Å². The van der Waals surface area contributed by atoms with Gasteiger partial charge >= 0.3 is 0 Å². The molecule has 1 rings (SSSR count).